The van der Waals surface area contributed by atoms with E-state index in [1.807, 2.05) is 0 Å². The fraction of sp³-hybridized carbons (Fsp3) is 0.214. The van der Waals surface area contributed by atoms with Crippen molar-refractivity contribution in [2.24, 2.45) is 0 Å². The van der Waals surface area contributed by atoms with Gasteiger partial charge in [-0.05, 0) is 18.2 Å². The van der Waals surface area contributed by atoms with E-state index in [1.165, 1.54) is 0 Å². The first-order valence-corrected chi connectivity index (χ1v) is 6.71. The molecule has 0 saturated heterocycles. The van der Waals surface area contributed by atoms with E-state index in [2.05, 4.69) is 15.0 Å². The molecule has 0 aliphatic carbocycles. The Hall–Kier alpha value is -2.66. The van der Waals surface area contributed by atoms with E-state index in [9.17, 15) is 39.5 Å². The fourth-order valence-corrected chi connectivity index (χ4v) is 2.32. The molecule has 0 aliphatic heterocycles. The second-order valence-corrected chi connectivity index (χ2v) is 5.30. The zero-order valence-corrected chi connectivity index (χ0v) is 12.2. The number of rotatable bonds is 1. The van der Waals surface area contributed by atoms with Gasteiger partial charge in [-0.2, -0.15) is 39.5 Å². The number of alkyl halides is 9. The van der Waals surface area contributed by atoms with Gasteiger partial charge in [0.25, 0.3) is 0 Å². The summed E-state index contributed by atoms with van der Waals surface area (Å²) in [7, 11) is 0. The number of H-pyrrole nitrogens is 2. The Kier molecular flexibility index (Phi) is 3.78. The van der Waals surface area contributed by atoms with Crippen LogP contribution in [0, 0.1) is 0 Å². The lowest BCUT2D eigenvalue weighted by atomic mass is 10.1. The summed E-state index contributed by atoms with van der Waals surface area (Å²) in [5.41, 5.74) is -6.08. The van der Waals surface area contributed by atoms with Gasteiger partial charge in [-0.25, -0.2) is 4.98 Å². The molecule has 1 aromatic carbocycles. The van der Waals surface area contributed by atoms with Crippen LogP contribution in [0.25, 0.3) is 22.6 Å². The summed E-state index contributed by atoms with van der Waals surface area (Å²) in [5.74, 6) is -0.458. The summed E-state index contributed by atoms with van der Waals surface area (Å²) < 4.78 is 115. The van der Waals surface area contributed by atoms with E-state index in [0.717, 1.165) is 0 Å². The molecule has 2 aromatic heterocycles. The number of hydrogen-bond acceptors (Lipinski definition) is 1. The number of nitrogens with zero attached hydrogens (tertiary/aromatic N) is 1. The molecule has 0 atom stereocenters. The average Bonchev–Trinajstić information content (AvgIpc) is 3.09. The molecule has 0 radical (unpaired) electrons. The zero-order chi connectivity index (χ0) is 19.5. The third-order valence-electron chi connectivity index (χ3n) is 3.48. The van der Waals surface area contributed by atoms with Crippen LogP contribution in [0.15, 0.2) is 24.4 Å². The van der Waals surface area contributed by atoms with Gasteiger partial charge in [-0.15, -0.1) is 0 Å². The Balaban J connectivity index is 2.20. The molecule has 2 N–H and O–H groups in total. The SMILES string of the molecule is FC(F)(F)c1c[nH]c(-c2nc3c(C(F)(F)F)cc(C(F)(F)F)cc3[nH]2)c1. The summed E-state index contributed by atoms with van der Waals surface area (Å²) >= 11 is 0. The van der Waals surface area contributed by atoms with Crippen molar-refractivity contribution in [2.45, 2.75) is 18.5 Å². The first-order valence-electron chi connectivity index (χ1n) is 6.71. The molecule has 12 heteroatoms. The Morgan fingerprint density at radius 3 is 1.85 bits per heavy atom. The van der Waals surface area contributed by atoms with Crippen molar-refractivity contribution < 1.29 is 39.5 Å². The molecule has 3 rings (SSSR count). The van der Waals surface area contributed by atoms with Gasteiger partial charge in [0.1, 0.15) is 5.52 Å². The van der Waals surface area contributed by atoms with Crippen LogP contribution in [0.1, 0.15) is 16.7 Å². The molecule has 2 heterocycles. The fourth-order valence-electron chi connectivity index (χ4n) is 2.32. The van der Waals surface area contributed by atoms with Crippen LogP contribution >= 0.6 is 0 Å². The molecule has 0 spiro atoms. The lowest BCUT2D eigenvalue weighted by Gasteiger charge is -2.11. The van der Waals surface area contributed by atoms with Gasteiger partial charge in [0.05, 0.1) is 27.9 Å². The molecule has 3 nitrogen and oxygen atoms in total. The molecule has 3 aromatic rings. The second-order valence-electron chi connectivity index (χ2n) is 5.30. The number of benzene rings is 1. The van der Waals surface area contributed by atoms with Gasteiger partial charge >= 0.3 is 18.5 Å². The van der Waals surface area contributed by atoms with E-state index < -0.39 is 52.1 Å². The van der Waals surface area contributed by atoms with Crippen LogP contribution in [-0.2, 0) is 18.5 Å². The minimum absolute atomic E-state index is 0.0944. The van der Waals surface area contributed by atoms with Crippen LogP contribution in [0.2, 0.25) is 0 Å². The first-order chi connectivity index (χ1) is 11.8. The summed E-state index contributed by atoms with van der Waals surface area (Å²) in [5, 5.41) is 0. The molecule has 0 fully saturated rings. The van der Waals surface area contributed by atoms with E-state index in [-0.39, 0.29) is 11.8 Å². The van der Waals surface area contributed by atoms with Crippen molar-refractivity contribution in [1.82, 2.24) is 15.0 Å². The highest BCUT2D eigenvalue weighted by Crippen LogP contribution is 2.40. The minimum Gasteiger partial charge on any atom is -0.358 e. The van der Waals surface area contributed by atoms with Gasteiger partial charge in [0.2, 0.25) is 0 Å². The second kappa shape index (κ2) is 5.42. The van der Waals surface area contributed by atoms with Crippen molar-refractivity contribution >= 4 is 11.0 Å². The highest BCUT2D eigenvalue weighted by atomic mass is 19.4. The summed E-state index contributed by atoms with van der Waals surface area (Å²) in [6.45, 7) is 0. The molecule has 140 valence electrons. The molecular formula is C14H6F9N3. The first kappa shape index (κ1) is 18.1. The Labute approximate surface area is 137 Å². The molecule has 0 unspecified atom stereocenters. The van der Waals surface area contributed by atoms with Crippen molar-refractivity contribution in [3.8, 4) is 11.5 Å². The molecule has 0 amide bonds. The molecule has 0 aliphatic rings. The Morgan fingerprint density at radius 1 is 0.731 bits per heavy atom. The summed E-state index contributed by atoms with van der Waals surface area (Å²) in [6, 6.07) is 0.896. The Bertz CT molecular complexity index is 957. The van der Waals surface area contributed by atoms with Crippen molar-refractivity contribution in [3.05, 3.63) is 41.1 Å². The van der Waals surface area contributed by atoms with E-state index in [4.69, 9.17) is 0 Å². The predicted molar refractivity (Wildman–Crippen MR) is 70.9 cm³/mol. The Morgan fingerprint density at radius 2 is 1.35 bits per heavy atom. The lowest BCUT2D eigenvalue weighted by molar-refractivity contribution is -0.142. The number of aromatic nitrogens is 3. The van der Waals surface area contributed by atoms with Crippen LogP contribution in [0.5, 0.6) is 0 Å². The third kappa shape index (κ3) is 3.22. The van der Waals surface area contributed by atoms with Crippen LogP contribution < -0.4 is 0 Å². The van der Waals surface area contributed by atoms with Gasteiger partial charge in [-0.3, -0.25) is 0 Å². The van der Waals surface area contributed by atoms with Crippen molar-refractivity contribution in [2.75, 3.05) is 0 Å². The van der Waals surface area contributed by atoms with Crippen LogP contribution in [0.4, 0.5) is 39.5 Å². The number of aromatic amines is 2. The standard InChI is InChI=1S/C14H6F9N3/c15-12(16,17)5-1-7(14(21,22)23)10-8(2-5)25-11(26-10)9-3-6(4-24-9)13(18,19)20/h1-4,24H,(H,25,26). The van der Waals surface area contributed by atoms with Crippen molar-refractivity contribution in [1.29, 1.82) is 0 Å². The summed E-state index contributed by atoms with van der Waals surface area (Å²) in [4.78, 5) is 7.89. The highest BCUT2D eigenvalue weighted by molar-refractivity contribution is 5.83. The maximum atomic E-state index is 13.1. The number of fused-ring (bicyclic) bond motifs is 1. The number of imidazole rings is 1. The number of hydrogen-bond donors (Lipinski definition) is 2. The maximum Gasteiger partial charge on any atom is 0.418 e. The van der Waals surface area contributed by atoms with Gasteiger partial charge in [0.15, 0.2) is 5.82 Å². The topological polar surface area (TPSA) is 44.5 Å². The van der Waals surface area contributed by atoms with Crippen LogP contribution in [-0.4, -0.2) is 15.0 Å². The van der Waals surface area contributed by atoms with Gasteiger partial charge < -0.3 is 9.97 Å². The van der Waals surface area contributed by atoms with E-state index in [1.54, 1.807) is 0 Å². The third-order valence-corrected chi connectivity index (χ3v) is 3.48. The molecule has 0 bridgehead atoms. The molecule has 0 saturated carbocycles. The minimum atomic E-state index is -5.14. The number of halogens is 9. The zero-order valence-electron chi connectivity index (χ0n) is 12.2. The maximum absolute atomic E-state index is 13.1. The quantitative estimate of drug-likeness (QED) is 0.524. The molecule has 26 heavy (non-hydrogen) atoms. The predicted octanol–water partition coefficient (Wildman–Crippen LogP) is 5.61. The smallest absolute Gasteiger partial charge is 0.358 e. The number of nitrogens with one attached hydrogen (secondary N) is 2. The van der Waals surface area contributed by atoms with Gasteiger partial charge in [-0.1, -0.05) is 0 Å². The van der Waals surface area contributed by atoms with Crippen molar-refractivity contribution in [3.63, 3.8) is 0 Å². The molecular weight excluding hydrogens is 381 g/mol. The highest BCUT2D eigenvalue weighted by Gasteiger charge is 2.39. The van der Waals surface area contributed by atoms with Gasteiger partial charge in [0, 0.05) is 6.20 Å². The van der Waals surface area contributed by atoms with E-state index in [0.29, 0.717) is 18.3 Å². The average molecular weight is 387 g/mol. The largest absolute Gasteiger partial charge is 0.418 e. The van der Waals surface area contributed by atoms with E-state index >= 15 is 0 Å². The lowest BCUT2D eigenvalue weighted by Crippen LogP contribution is -2.11. The summed E-state index contributed by atoms with van der Waals surface area (Å²) in [6.07, 6.45) is -14.3. The normalized spacial score (nSPS) is 13.6. The van der Waals surface area contributed by atoms with Crippen LogP contribution in [0.3, 0.4) is 0 Å². The monoisotopic (exact) mass is 387 g/mol.